The molecule has 0 N–H and O–H groups in total. The molecule has 0 saturated carbocycles. The van der Waals surface area contributed by atoms with Crippen molar-refractivity contribution in [2.75, 3.05) is 6.61 Å². The summed E-state index contributed by atoms with van der Waals surface area (Å²) < 4.78 is 5.55. The second-order valence-corrected chi connectivity index (χ2v) is 4.96. The molecule has 0 fully saturated rings. The predicted molar refractivity (Wildman–Crippen MR) is 79.9 cm³/mol. The Bertz CT molecular complexity index is 371. The lowest BCUT2D eigenvalue weighted by Gasteiger charge is -2.06. The van der Waals surface area contributed by atoms with Crippen molar-refractivity contribution >= 4 is 5.78 Å². The number of hydrogen-bond donors (Lipinski definition) is 0. The van der Waals surface area contributed by atoms with Crippen molar-refractivity contribution in [3.8, 4) is 5.75 Å². The monoisotopic (exact) mass is 262 g/mol. The van der Waals surface area contributed by atoms with Crippen molar-refractivity contribution in [3.05, 3.63) is 29.8 Å². The van der Waals surface area contributed by atoms with E-state index in [1.807, 2.05) is 24.3 Å². The molecule has 0 radical (unpaired) electrons. The molecule has 1 aromatic carbocycles. The van der Waals surface area contributed by atoms with E-state index < -0.39 is 0 Å². The van der Waals surface area contributed by atoms with Gasteiger partial charge in [0.05, 0.1) is 6.61 Å². The maximum absolute atomic E-state index is 12.0. The third-order valence-corrected chi connectivity index (χ3v) is 3.14. The first-order chi connectivity index (χ1) is 9.27. The zero-order valence-corrected chi connectivity index (χ0v) is 12.3. The van der Waals surface area contributed by atoms with Gasteiger partial charge >= 0.3 is 0 Å². The van der Waals surface area contributed by atoms with Crippen molar-refractivity contribution in [1.29, 1.82) is 0 Å². The molecular weight excluding hydrogens is 236 g/mol. The lowest BCUT2D eigenvalue weighted by molar-refractivity contribution is 0.0978. The van der Waals surface area contributed by atoms with Gasteiger partial charge in [0.2, 0.25) is 0 Å². The van der Waals surface area contributed by atoms with E-state index in [4.69, 9.17) is 4.74 Å². The highest BCUT2D eigenvalue weighted by Crippen LogP contribution is 2.16. The molecule has 1 aromatic rings. The van der Waals surface area contributed by atoms with Crippen molar-refractivity contribution < 1.29 is 9.53 Å². The third-order valence-electron chi connectivity index (χ3n) is 3.14. The van der Waals surface area contributed by atoms with Crippen LogP contribution in [0.4, 0.5) is 0 Å². The molecule has 1 rings (SSSR count). The largest absolute Gasteiger partial charge is 0.494 e. The molecule has 0 aliphatic carbocycles. The van der Waals surface area contributed by atoms with E-state index in [1.54, 1.807) is 0 Å². The average molecular weight is 262 g/mol. The second kappa shape index (κ2) is 9.60. The SMILES string of the molecule is CCCCCCCC(=O)c1cccc(OCCC)c1. The van der Waals surface area contributed by atoms with Gasteiger partial charge in [-0.15, -0.1) is 0 Å². The van der Waals surface area contributed by atoms with Crippen LogP contribution < -0.4 is 4.74 Å². The summed E-state index contributed by atoms with van der Waals surface area (Å²) in [5.41, 5.74) is 0.782. The van der Waals surface area contributed by atoms with Gasteiger partial charge in [-0.25, -0.2) is 0 Å². The van der Waals surface area contributed by atoms with Crippen LogP contribution in [-0.4, -0.2) is 12.4 Å². The zero-order chi connectivity index (χ0) is 13.9. The first kappa shape index (κ1) is 15.7. The highest BCUT2D eigenvalue weighted by Gasteiger charge is 2.06. The smallest absolute Gasteiger partial charge is 0.163 e. The average Bonchev–Trinajstić information content (AvgIpc) is 2.45. The molecule has 0 aromatic heterocycles. The molecule has 0 heterocycles. The summed E-state index contributed by atoms with van der Waals surface area (Å²) >= 11 is 0. The van der Waals surface area contributed by atoms with Crippen molar-refractivity contribution in [2.24, 2.45) is 0 Å². The van der Waals surface area contributed by atoms with Crippen molar-refractivity contribution in [2.45, 2.75) is 58.8 Å². The van der Waals surface area contributed by atoms with E-state index in [0.29, 0.717) is 13.0 Å². The number of rotatable bonds is 10. The fourth-order valence-corrected chi connectivity index (χ4v) is 2.01. The summed E-state index contributed by atoms with van der Waals surface area (Å²) in [6.07, 6.45) is 7.55. The third kappa shape index (κ3) is 6.42. The molecule has 106 valence electrons. The molecular formula is C17H26O2. The van der Waals surface area contributed by atoms with Gasteiger partial charge in [0.15, 0.2) is 5.78 Å². The van der Waals surface area contributed by atoms with Gasteiger partial charge in [0.25, 0.3) is 0 Å². The molecule has 2 nitrogen and oxygen atoms in total. The number of hydrogen-bond acceptors (Lipinski definition) is 2. The zero-order valence-electron chi connectivity index (χ0n) is 12.3. The van der Waals surface area contributed by atoms with E-state index in [-0.39, 0.29) is 5.78 Å². The Labute approximate surface area is 117 Å². The van der Waals surface area contributed by atoms with Gasteiger partial charge < -0.3 is 4.74 Å². The van der Waals surface area contributed by atoms with Crippen molar-refractivity contribution in [1.82, 2.24) is 0 Å². The standard InChI is InChI=1S/C17H26O2/c1-3-5-6-7-8-12-17(18)15-10-9-11-16(14-15)19-13-4-2/h9-11,14H,3-8,12-13H2,1-2H3. The molecule has 2 heteroatoms. The molecule has 0 bridgehead atoms. The van der Waals surface area contributed by atoms with Gasteiger partial charge in [-0.3, -0.25) is 4.79 Å². The minimum Gasteiger partial charge on any atom is -0.494 e. The Balaban J connectivity index is 2.38. The number of benzene rings is 1. The normalized spacial score (nSPS) is 10.4. The van der Waals surface area contributed by atoms with E-state index in [0.717, 1.165) is 30.6 Å². The van der Waals surface area contributed by atoms with Gasteiger partial charge in [0, 0.05) is 12.0 Å². The van der Waals surface area contributed by atoms with Crippen LogP contribution in [0.5, 0.6) is 5.75 Å². The van der Waals surface area contributed by atoms with Crippen LogP contribution in [0.3, 0.4) is 0 Å². The number of unbranched alkanes of at least 4 members (excludes halogenated alkanes) is 4. The lowest BCUT2D eigenvalue weighted by Crippen LogP contribution is -2.01. The Morgan fingerprint density at radius 3 is 2.58 bits per heavy atom. The highest BCUT2D eigenvalue weighted by atomic mass is 16.5. The van der Waals surface area contributed by atoms with E-state index >= 15 is 0 Å². The van der Waals surface area contributed by atoms with E-state index in [9.17, 15) is 4.79 Å². The molecule has 0 spiro atoms. The van der Waals surface area contributed by atoms with Crippen LogP contribution in [0, 0.1) is 0 Å². The number of ketones is 1. The van der Waals surface area contributed by atoms with Crippen LogP contribution in [0.2, 0.25) is 0 Å². The van der Waals surface area contributed by atoms with Crippen molar-refractivity contribution in [3.63, 3.8) is 0 Å². The van der Waals surface area contributed by atoms with Crippen LogP contribution >= 0.6 is 0 Å². The quantitative estimate of drug-likeness (QED) is 0.437. The lowest BCUT2D eigenvalue weighted by atomic mass is 10.0. The van der Waals surface area contributed by atoms with Crippen LogP contribution in [-0.2, 0) is 0 Å². The fraction of sp³-hybridized carbons (Fsp3) is 0.588. The first-order valence-corrected chi connectivity index (χ1v) is 7.54. The summed E-state index contributed by atoms with van der Waals surface area (Å²) in [6.45, 7) is 4.98. The molecule has 0 aliphatic heterocycles. The molecule has 0 saturated heterocycles. The molecule has 19 heavy (non-hydrogen) atoms. The van der Waals surface area contributed by atoms with E-state index in [2.05, 4.69) is 13.8 Å². The van der Waals surface area contributed by atoms with Crippen LogP contribution in [0.25, 0.3) is 0 Å². The minimum atomic E-state index is 0.235. The molecule has 0 amide bonds. The number of ether oxygens (including phenoxy) is 1. The van der Waals surface area contributed by atoms with Crippen LogP contribution in [0.15, 0.2) is 24.3 Å². The Kier molecular flexibility index (Phi) is 7.95. The summed E-state index contributed by atoms with van der Waals surface area (Å²) in [4.78, 5) is 12.0. The van der Waals surface area contributed by atoms with Gasteiger partial charge in [-0.2, -0.15) is 0 Å². The maximum atomic E-state index is 12.0. The molecule has 0 aliphatic rings. The van der Waals surface area contributed by atoms with Crippen LogP contribution in [0.1, 0.15) is 69.2 Å². The fourth-order valence-electron chi connectivity index (χ4n) is 2.01. The number of carbonyl (C=O) groups excluding carboxylic acids is 1. The second-order valence-electron chi connectivity index (χ2n) is 4.96. The number of carbonyl (C=O) groups is 1. The topological polar surface area (TPSA) is 26.3 Å². The Hall–Kier alpha value is -1.31. The summed E-state index contributed by atoms with van der Waals surface area (Å²) in [6, 6.07) is 7.56. The van der Waals surface area contributed by atoms with E-state index in [1.165, 1.54) is 19.3 Å². The Morgan fingerprint density at radius 2 is 1.84 bits per heavy atom. The summed E-state index contributed by atoms with van der Waals surface area (Å²) in [5, 5.41) is 0. The summed E-state index contributed by atoms with van der Waals surface area (Å²) in [5.74, 6) is 1.04. The van der Waals surface area contributed by atoms with Gasteiger partial charge in [-0.05, 0) is 25.0 Å². The Morgan fingerprint density at radius 1 is 1.05 bits per heavy atom. The van der Waals surface area contributed by atoms with Gasteiger partial charge in [-0.1, -0.05) is 51.7 Å². The summed E-state index contributed by atoms with van der Waals surface area (Å²) in [7, 11) is 0. The highest BCUT2D eigenvalue weighted by molar-refractivity contribution is 5.96. The predicted octanol–water partition coefficient (Wildman–Crippen LogP) is 5.02. The molecule has 0 atom stereocenters. The maximum Gasteiger partial charge on any atom is 0.163 e. The van der Waals surface area contributed by atoms with Gasteiger partial charge in [0.1, 0.15) is 5.75 Å². The first-order valence-electron chi connectivity index (χ1n) is 7.54. The minimum absolute atomic E-state index is 0.235. The molecule has 0 unspecified atom stereocenters. The number of Topliss-reactive ketones (excluding diaryl/α,β-unsaturated/α-hetero) is 1.